The summed E-state index contributed by atoms with van der Waals surface area (Å²) in [4.78, 5) is 5.51. The first kappa shape index (κ1) is 11.2. The van der Waals surface area contributed by atoms with Crippen molar-refractivity contribution in [2.24, 2.45) is 4.99 Å². The molecule has 0 aromatic carbocycles. The van der Waals surface area contributed by atoms with E-state index in [1.807, 2.05) is 6.92 Å². The second kappa shape index (κ2) is 4.30. The minimum atomic E-state index is -3.21. The Kier molecular flexibility index (Phi) is 4.02. The third kappa shape index (κ3) is 4.17. The predicted octanol–water partition coefficient (Wildman–Crippen LogP) is -0.527. The average molecular weight is 193 g/mol. The lowest BCUT2D eigenvalue weighted by Gasteiger charge is -2.18. The number of aliphatic imine (C=N–C) groups is 1. The zero-order valence-corrected chi connectivity index (χ0v) is 8.64. The molecule has 0 spiro atoms. The molecule has 0 aromatic heterocycles. The van der Waals surface area contributed by atoms with Crippen LogP contribution in [0.3, 0.4) is 0 Å². The van der Waals surface area contributed by atoms with Crippen LogP contribution in [-0.2, 0) is 10.0 Å². The molecule has 0 fully saturated rings. The summed E-state index contributed by atoms with van der Waals surface area (Å²) in [6.07, 6.45) is 1.10. The highest BCUT2D eigenvalue weighted by Gasteiger charge is 2.08. The van der Waals surface area contributed by atoms with Crippen LogP contribution in [0.5, 0.6) is 0 Å². The van der Waals surface area contributed by atoms with Gasteiger partial charge in [0.15, 0.2) is 0 Å². The first-order valence-corrected chi connectivity index (χ1v) is 5.45. The zero-order valence-electron chi connectivity index (χ0n) is 7.83. The van der Waals surface area contributed by atoms with Crippen molar-refractivity contribution >= 4 is 16.0 Å². The van der Waals surface area contributed by atoms with Gasteiger partial charge in [-0.3, -0.25) is 9.71 Å². The third-order valence-corrected chi connectivity index (χ3v) is 1.88. The molecule has 5 nitrogen and oxygen atoms in total. The summed E-state index contributed by atoms with van der Waals surface area (Å²) in [6.45, 7) is 2.62. The number of hydrogen-bond acceptors (Lipinski definition) is 3. The highest BCUT2D eigenvalue weighted by atomic mass is 32.2. The smallest absolute Gasteiger partial charge is 0.232 e. The van der Waals surface area contributed by atoms with E-state index in [9.17, 15) is 8.42 Å². The van der Waals surface area contributed by atoms with Crippen molar-refractivity contribution in [3.63, 3.8) is 0 Å². The summed E-state index contributed by atoms with van der Waals surface area (Å²) in [5.41, 5.74) is 0. The van der Waals surface area contributed by atoms with Gasteiger partial charge >= 0.3 is 0 Å². The molecule has 0 aromatic rings. The highest BCUT2D eigenvalue weighted by molar-refractivity contribution is 7.89. The number of nitrogens with one attached hydrogen (secondary N) is 1. The Balaban J connectivity index is 4.42. The van der Waals surface area contributed by atoms with E-state index in [1.165, 1.54) is 0 Å². The standard InChI is InChI=1S/C6H15N3O2S/c1-5-9(3)6(7-2)8-12(4,10)11/h5H2,1-4H3,(H,7,8). The van der Waals surface area contributed by atoms with E-state index in [0.29, 0.717) is 12.5 Å². The lowest BCUT2D eigenvalue weighted by molar-refractivity contribution is 0.518. The van der Waals surface area contributed by atoms with E-state index in [0.717, 1.165) is 6.26 Å². The Hall–Kier alpha value is -0.780. The fraction of sp³-hybridized carbons (Fsp3) is 0.833. The minimum absolute atomic E-state index is 0.361. The van der Waals surface area contributed by atoms with E-state index >= 15 is 0 Å². The molecular formula is C6H15N3O2S. The number of hydrogen-bond donors (Lipinski definition) is 1. The molecule has 1 N–H and O–H groups in total. The highest BCUT2D eigenvalue weighted by Crippen LogP contribution is 1.85. The molecule has 0 aliphatic rings. The van der Waals surface area contributed by atoms with Crippen molar-refractivity contribution in [3.05, 3.63) is 0 Å². The van der Waals surface area contributed by atoms with Gasteiger partial charge in [0.1, 0.15) is 0 Å². The van der Waals surface area contributed by atoms with E-state index in [2.05, 4.69) is 9.71 Å². The van der Waals surface area contributed by atoms with Crippen molar-refractivity contribution in [2.75, 3.05) is 26.9 Å². The van der Waals surface area contributed by atoms with Crippen molar-refractivity contribution < 1.29 is 8.42 Å². The van der Waals surface area contributed by atoms with Crippen molar-refractivity contribution in [1.82, 2.24) is 9.62 Å². The molecule has 0 saturated carbocycles. The molecule has 0 rings (SSSR count). The molecule has 0 heterocycles. The van der Waals surface area contributed by atoms with Gasteiger partial charge in [-0.2, -0.15) is 0 Å². The maximum atomic E-state index is 10.8. The van der Waals surface area contributed by atoms with Gasteiger partial charge in [-0.1, -0.05) is 0 Å². The monoisotopic (exact) mass is 193 g/mol. The van der Waals surface area contributed by atoms with E-state index in [-0.39, 0.29) is 0 Å². The van der Waals surface area contributed by atoms with E-state index < -0.39 is 10.0 Å². The molecule has 0 radical (unpaired) electrons. The SMILES string of the molecule is CCN(C)C(=NC)NS(C)(=O)=O. The van der Waals surface area contributed by atoms with E-state index in [1.54, 1.807) is 19.0 Å². The first-order chi connectivity index (χ1) is 5.40. The lowest BCUT2D eigenvalue weighted by atomic mass is 10.6. The van der Waals surface area contributed by atoms with Crippen LogP contribution in [0.15, 0.2) is 4.99 Å². The molecule has 0 atom stereocenters. The summed E-state index contributed by atoms with van der Waals surface area (Å²) < 4.78 is 23.9. The quantitative estimate of drug-likeness (QED) is 0.474. The lowest BCUT2D eigenvalue weighted by Crippen LogP contribution is -2.41. The average Bonchev–Trinajstić information content (AvgIpc) is 1.97. The molecule has 0 unspecified atom stereocenters. The Morgan fingerprint density at radius 3 is 2.33 bits per heavy atom. The molecule has 0 bridgehead atoms. The molecule has 12 heavy (non-hydrogen) atoms. The fourth-order valence-electron chi connectivity index (χ4n) is 0.610. The summed E-state index contributed by atoms with van der Waals surface area (Å²) in [6, 6.07) is 0. The largest absolute Gasteiger partial charge is 0.346 e. The summed E-state index contributed by atoms with van der Waals surface area (Å²) in [5.74, 6) is 0.361. The van der Waals surface area contributed by atoms with Crippen LogP contribution in [0, 0.1) is 0 Å². The van der Waals surface area contributed by atoms with Gasteiger partial charge in [0.25, 0.3) is 0 Å². The molecular weight excluding hydrogens is 178 g/mol. The van der Waals surface area contributed by atoms with Gasteiger partial charge in [-0.05, 0) is 6.92 Å². The van der Waals surface area contributed by atoms with Gasteiger partial charge < -0.3 is 4.90 Å². The topological polar surface area (TPSA) is 61.8 Å². The Labute approximate surface area is 73.5 Å². The molecule has 0 aliphatic heterocycles. The normalized spacial score (nSPS) is 12.8. The van der Waals surface area contributed by atoms with Crippen LogP contribution in [0.2, 0.25) is 0 Å². The van der Waals surface area contributed by atoms with Crippen LogP contribution in [0.25, 0.3) is 0 Å². The van der Waals surface area contributed by atoms with Crippen LogP contribution < -0.4 is 4.72 Å². The van der Waals surface area contributed by atoms with Crippen molar-refractivity contribution in [3.8, 4) is 0 Å². The van der Waals surface area contributed by atoms with Gasteiger partial charge in [-0.15, -0.1) is 0 Å². The van der Waals surface area contributed by atoms with Crippen LogP contribution >= 0.6 is 0 Å². The number of nitrogens with zero attached hydrogens (tertiary/aromatic N) is 2. The maximum Gasteiger partial charge on any atom is 0.232 e. The van der Waals surface area contributed by atoms with Gasteiger partial charge in [0.05, 0.1) is 6.26 Å². The number of sulfonamides is 1. The third-order valence-electron chi connectivity index (χ3n) is 1.32. The molecule has 0 amide bonds. The van der Waals surface area contributed by atoms with Crippen LogP contribution in [0.4, 0.5) is 0 Å². The van der Waals surface area contributed by atoms with Crippen LogP contribution in [-0.4, -0.2) is 46.2 Å². The van der Waals surface area contributed by atoms with E-state index in [4.69, 9.17) is 0 Å². The van der Waals surface area contributed by atoms with Crippen LogP contribution in [0.1, 0.15) is 6.92 Å². The Morgan fingerprint density at radius 1 is 1.58 bits per heavy atom. The second-order valence-corrected chi connectivity index (χ2v) is 4.18. The van der Waals surface area contributed by atoms with Gasteiger partial charge in [0.2, 0.25) is 16.0 Å². The molecule has 0 saturated heterocycles. The molecule has 0 aliphatic carbocycles. The Bertz CT molecular complexity index is 258. The summed E-state index contributed by atoms with van der Waals surface area (Å²) in [5, 5.41) is 0. The maximum absolute atomic E-state index is 10.8. The number of rotatable bonds is 2. The summed E-state index contributed by atoms with van der Waals surface area (Å²) in [7, 11) is 0.0927. The number of guanidine groups is 1. The van der Waals surface area contributed by atoms with Gasteiger partial charge in [0, 0.05) is 20.6 Å². The summed E-state index contributed by atoms with van der Waals surface area (Å²) >= 11 is 0. The van der Waals surface area contributed by atoms with Crippen molar-refractivity contribution in [2.45, 2.75) is 6.92 Å². The first-order valence-electron chi connectivity index (χ1n) is 3.56. The van der Waals surface area contributed by atoms with Crippen molar-refractivity contribution in [1.29, 1.82) is 0 Å². The second-order valence-electron chi connectivity index (χ2n) is 2.44. The minimum Gasteiger partial charge on any atom is -0.346 e. The Morgan fingerprint density at radius 2 is 2.08 bits per heavy atom. The zero-order chi connectivity index (χ0) is 9.78. The molecule has 6 heteroatoms. The van der Waals surface area contributed by atoms with Gasteiger partial charge in [-0.25, -0.2) is 8.42 Å². The molecule has 72 valence electrons. The predicted molar refractivity (Wildman–Crippen MR) is 49.6 cm³/mol. The fourth-order valence-corrected chi connectivity index (χ4v) is 1.19.